The van der Waals surface area contributed by atoms with E-state index in [1.807, 2.05) is 0 Å². The zero-order chi connectivity index (χ0) is 14.0. The van der Waals surface area contributed by atoms with Crippen LogP contribution < -0.4 is 5.73 Å². The largest absolute Gasteiger partial charge is 0.325 e. The molecule has 0 rings (SSSR count). The first-order valence-electron chi connectivity index (χ1n) is 8.22. The lowest BCUT2D eigenvalue weighted by atomic mass is 9.83. The highest BCUT2D eigenvalue weighted by molar-refractivity contribution is 4.83. The summed E-state index contributed by atoms with van der Waals surface area (Å²) in [4.78, 5) is 0. The maximum atomic E-state index is 6.48. The Labute approximate surface area is 116 Å². The van der Waals surface area contributed by atoms with E-state index in [0.29, 0.717) is 0 Å². The fourth-order valence-electron chi connectivity index (χ4n) is 2.76. The highest BCUT2D eigenvalue weighted by atomic mass is 14.7. The van der Waals surface area contributed by atoms with Crippen molar-refractivity contribution in [3.05, 3.63) is 0 Å². The third kappa shape index (κ3) is 8.97. The first kappa shape index (κ1) is 18.0. The fourth-order valence-corrected chi connectivity index (χ4v) is 2.76. The molecule has 1 unspecified atom stereocenters. The molecule has 0 aromatic heterocycles. The van der Waals surface area contributed by atoms with Crippen LogP contribution in [0.15, 0.2) is 0 Å². The Morgan fingerprint density at radius 3 is 2.06 bits per heavy atom. The average Bonchev–Trinajstić information content (AvgIpc) is 2.32. The van der Waals surface area contributed by atoms with Crippen molar-refractivity contribution < 1.29 is 0 Å². The Bertz CT molecular complexity index is 188. The zero-order valence-corrected chi connectivity index (χ0v) is 13.6. The molecule has 18 heavy (non-hydrogen) atoms. The topological polar surface area (TPSA) is 26.0 Å². The van der Waals surface area contributed by atoms with Crippen molar-refractivity contribution in [1.29, 1.82) is 0 Å². The van der Waals surface area contributed by atoms with Gasteiger partial charge >= 0.3 is 0 Å². The van der Waals surface area contributed by atoms with Crippen LogP contribution in [0.5, 0.6) is 0 Å². The van der Waals surface area contributed by atoms with Gasteiger partial charge in [0, 0.05) is 5.54 Å². The smallest absolute Gasteiger partial charge is 0.0154 e. The number of unbranched alkanes of at least 4 members (excludes halogenated alkanes) is 3. The monoisotopic (exact) mass is 255 g/mol. The van der Waals surface area contributed by atoms with Gasteiger partial charge in [-0.25, -0.2) is 0 Å². The second-order valence-corrected chi connectivity index (χ2v) is 6.78. The predicted molar refractivity (Wildman–Crippen MR) is 83.8 cm³/mol. The summed E-state index contributed by atoms with van der Waals surface area (Å²) >= 11 is 0. The summed E-state index contributed by atoms with van der Waals surface area (Å²) in [5, 5.41) is 0. The van der Waals surface area contributed by atoms with Crippen LogP contribution in [0.3, 0.4) is 0 Å². The minimum atomic E-state index is 0.102. The van der Waals surface area contributed by atoms with Gasteiger partial charge in [0.1, 0.15) is 0 Å². The first-order chi connectivity index (χ1) is 8.43. The summed E-state index contributed by atoms with van der Waals surface area (Å²) in [5.41, 5.74) is 6.58. The van der Waals surface area contributed by atoms with Crippen LogP contribution in [-0.2, 0) is 0 Å². The maximum Gasteiger partial charge on any atom is 0.0154 e. The Morgan fingerprint density at radius 1 is 0.944 bits per heavy atom. The SMILES string of the molecule is CCC(C)CCCCCC[C@](N)(CC)CC(C)C. The molecule has 0 aliphatic carbocycles. The van der Waals surface area contributed by atoms with E-state index in [0.717, 1.165) is 18.3 Å². The molecule has 0 aliphatic rings. The third-order valence-corrected chi connectivity index (χ3v) is 4.34. The summed E-state index contributed by atoms with van der Waals surface area (Å²) < 4.78 is 0. The molecule has 0 bridgehead atoms. The Morgan fingerprint density at radius 2 is 1.56 bits per heavy atom. The molecule has 0 aromatic carbocycles. The van der Waals surface area contributed by atoms with Gasteiger partial charge in [-0.3, -0.25) is 0 Å². The highest BCUT2D eigenvalue weighted by Crippen LogP contribution is 2.24. The Balaban J connectivity index is 3.62. The summed E-state index contributed by atoms with van der Waals surface area (Å²) in [6.45, 7) is 11.5. The minimum Gasteiger partial charge on any atom is -0.325 e. The molecule has 0 saturated heterocycles. The molecule has 0 amide bonds. The normalized spacial score (nSPS) is 16.8. The molecule has 2 N–H and O–H groups in total. The quantitative estimate of drug-likeness (QED) is 0.483. The van der Waals surface area contributed by atoms with E-state index in [1.165, 1.54) is 51.4 Å². The van der Waals surface area contributed by atoms with Crippen LogP contribution in [0.25, 0.3) is 0 Å². The van der Waals surface area contributed by atoms with E-state index >= 15 is 0 Å². The van der Waals surface area contributed by atoms with E-state index in [1.54, 1.807) is 0 Å². The van der Waals surface area contributed by atoms with Gasteiger partial charge in [0.25, 0.3) is 0 Å². The van der Waals surface area contributed by atoms with Gasteiger partial charge in [-0.2, -0.15) is 0 Å². The van der Waals surface area contributed by atoms with Crippen LogP contribution in [0, 0.1) is 11.8 Å². The lowest BCUT2D eigenvalue weighted by Gasteiger charge is -2.30. The number of hydrogen-bond donors (Lipinski definition) is 1. The van der Waals surface area contributed by atoms with E-state index in [9.17, 15) is 0 Å². The number of rotatable bonds is 11. The Hall–Kier alpha value is -0.0400. The molecule has 0 aliphatic heterocycles. The Kier molecular flexibility index (Phi) is 9.81. The van der Waals surface area contributed by atoms with E-state index in [-0.39, 0.29) is 5.54 Å². The highest BCUT2D eigenvalue weighted by Gasteiger charge is 2.22. The van der Waals surface area contributed by atoms with Crippen LogP contribution >= 0.6 is 0 Å². The molecule has 0 saturated carbocycles. The summed E-state index contributed by atoms with van der Waals surface area (Å²) in [7, 11) is 0. The predicted octanol–water partition coefficient (Wildman–Crippen LogP) is 5.53. The van der Waals surface area contributed by atoms with Crippen LogP contribution in [-0.4, -0.2) is 5.54 Å². The zero-order valence-electron chi connectivity index (χ0n) is 13.6. The van der Waals surface area contributed by atoms with Gasteiger partial charge in [-0.1, -0.05) is 73.1 Å². The van der Waals surface area contributed by atoms with Crippen LogP contribution in [0.4, 0.5) is 0 Å². The van der Waals surface area contributed by atoms with Crippen molar-refractivity contribution in [2.75, 3.05) is 0 Å². The molecule has 110 valence electrons. The molecule has 0 aromatic rings. The summed E-state index contributed by atoms with van der Waals surface area (Å²) in [5.74, 6) is 1.63. The van der Waals surface area contributed by atoms with E-state index in [2.05, 4.69) is 34.6 Å². The molecular formula is C17H37N. The second kappa shape index (κ2) is 9.83. The van der Waals surface area contributed by atoms with Crippen LogP contribution in [0.2, 0.25) is 0 Å². The van der Waals surface area contributed by atoms with Gasteiger partial charge in [-0.05, 0) is 31.1 Å². The van der Waals surface area contributed by atoms with Crippen LogP contribution in [0.1, 0.15) is 92.4 Å². The van der Waals surface area contributed by atoms with Crippen molar-refractivity contribution in [2.24, 2.45) is 17.6 Å². The minimum absolute atomic E-state index is 0.102. The van der Waals surface area contributed by atoms with Crippen molar-refractivity contribution in [3.8, 4) is 0 Å². The van der Waals surface area contributed by atoms with Crippen molar-refractivity contribution in [1.82, 2.24) is 0 Å². The van der Waals surface area contributed by atoms with Gasteiger partial charge in [0.2, 0.25) is 0 Å². The molecular weight excluding hydrogens is 218 g/mol. The fraction of sp³-hybridized carbons (Fsp3) is 1.00. The lowest BCUT2D eigenvalue weighted by molar-refractivity contribution is 0.298. The molecule has 1 heteroatoms. The van der Waals surface area contributed by atoms with Gasteiger partial charge in [0.15, 0.2) is 0 Å². The molecule has 1 nitrogen and oxygen atoms in total. The van der Waals surface area contributed by atoms with Gasteiger partial charge in [0.05, 0.1) is 0 Å². The van der Waals surface area contributed by atoms with Gasteiger partial charge in [-0.15, -0.1) is 0 Å². The molecule has 0 heterocycles. The number of hydrogen-bond acceptors (Lipinski definition) is 1. The molecule has 0 radical (unpaired) electrons. The van der Waals surface area contributed by atoms with Crippen molar-refractivity contribution in [3.63, 3.8) is 0 Å². The average molecular weight is 255 g/mol. The second-order valence-electron chi connectivity index (χ2n) is 6.78. The van der Waals surface area contributed by atoms with Gasteiger partial charge < -0.3 is 5.73 Å². The first-order valence-corrected chi connectivity index (χ1v) is 8.22. The lowest BCUT2D eigenvalue weighted by Crippen LogP contribution is -2.40. The molecule has 2 atom stereocenters. The number of nitrogens with two attached hydrogens (primary N) is 1. The summed E-state index contributed by atoms with van der Waals surface area (Å²) in [6, 6.07) is 0. The maximum absolute atomic E-state index is 6.48. The van der Waals surface area contributed by atoms with Crippen molar-refractivity contribution >= 4 is 0 Å². The molecule has 0 spiro atoms. The van der Waals surface area contributed by atoms with E-state index < -0.39 is 0 Å². The molecule has 0 fully saturated rings. The van der Waals surface area contributed by atoms with E-state index in [4.69, 9.17) is 5.73 Å². The summed E-state index contributed by atoms with van der Waals surface area (Å²) in [6.07, 6.45) is 11.7. The third-order valence-electron chi connectivity index (χ3n) is 4.34. The standard InChI is InChI=1S/C17H37N/c1-6-16(5)12-10-8-9-11-13-17(18,7-2)14-15(3)4/h15-16H,6-14,18H2,1-5H3/t16?,17-/m1/s1. The van der Waals surface area contributed by atoms with Crippen molar-refractivity contribution in [2.45, 2.75) is 97.9 Å².